The van der Waals surface area contributed by atoms with E-state index in [9.17, 15) is 23.9 Å². The number of hydrogen-bond donors (Lipinski definition) is 3. The van der Waals surface area contributed by atoms with Crippen molar-refractivity contribution in [3.05, 3.63) is 63.9 Å². The highest BCUT2D eigenvalue weighted by molar-refractivity contribution is 5.96. The summed E-state index contributed by atoms with van der Waals surface area (Å²) in [6.07, 6.45) is 1.78. The number of rotatable bonds is 5. The van der Waals surface area contributed by atoms with Gasteiger partial charge in [-0.25, -0.2) is 23.9 Å². The van der Waals surface area contributed by atoms with Crippen LogP contribution in [0.1, 0.15) is 87.1 Å². The Labute approximate surface area is 189 Å². The molecule has 0 saturated heterocycles. The van der Waals surface area contributed by atoms with E-state index in [1.54, 1.807) is 32.9 Å². The molecule has 1 amide bonds. The van der Waals surface area contributed by atoms with E-state index in [1.165, 1.54) is 0 Å². The minimum atomic E-state index is -1.44. The predicted octanol–water partition coefficient (Wildman–Crippen LogP) is 3.08. The fraction of sp³-hybridized carbons (Fsp3) is 0.348. The number of carbonyl (C=O) groups is 3. The van der Waals surface area contributed by atoms with Crippen LogP contribution >= 0.6 is 0 Å². The van der Waals surface area contributed by atoms with Crippen molar-refractivity contribution in [2.24, 2.45) is 5.73 Å². The number of carbonyl (C=O) groups excluding carboxylic acids is 2. The number of amides is 1. The first kappa shape index (κ1) is 23.8. The van der Waals surface area contributed by atoms with Gasteiger partial charge in [-0.1, -0.05) is 6.07 Å². The van der Waals surface area contributed by atoms with Gasteiger partial charge in [-0.2, -0.15) is 0 Å². The van der Waals surface area contributed by atoms with E-state index in [1.807, 2.05) is 6.92 Å². The van der Waals surface area contributed by atoms with Gasteiger partial charge in [-0.15, -0.1) is 0 Å². The van der Waals surface area contributed by atoms with Crippen molar-refractivity contribution in [3.8, 4) is 0 Å². The first-order valence-electron chi connectivity index (χ1n) is 10.3. The first-order chi connectivity index (χ1) is 15.4. The molecule has 1 aliphatic rings. The normalized spacial score (nSPS) is 15.7. The lowest BCUT2D eigenvalue weighted by Crippen LogP contribution is -2.29. The zero-order valence-electron chi connectivity index (χ0n) is 18.7. The van der Waals surface area contributed by atoms with Crippen LogP contribution < -0.4 is 11.1 Å². The Morgan fingerprint density at radius 1 is 1.24 bits per heavy atom. The second kappa shape index (κ2) is 8.97. The Balaban J connectivity index is 1.87. The van der Waals surface area contributed by atoms with Crippen molar-refractivity contribution < 1.29 is 28.6 Å². The molecule has 10 heteroatoms. The third kappa shape index (κ3) is 5.16. The van der Waals surface area contributed by atoms with Crippen LogP contribution in [0.3, 0.4) is 0 Å². The van der Waals surface area contributed by atoms with Crippen molar-refractivity contribution in [2.75, 3.05) is 0 Å². The van der Waals surface area contributed by atoms with Crippen molar-refractivity contribution >= 4 is 23.7 Å². The predicted molar refractivity (Wildman–Crippen MR) is 117 cm³/mol. The summed E-state index contributed by atoms with van der Waals surface area (Å²) in [6, 6.07) is 4.02. The van der Waals surface area contributed by atoms with E-state index in [2.05, 4.69) is 15.3 Å². The van der Waals surface area contributed by atoms with Gasteiger partial charge in [0.25, 0.3) is 5.91 Å². The number of halogens is 1. The maximum Gasteiger partial charge on any atom is 0.354 e. The number of nitrogens with two attached hydrogens (primary N) is 1. The Morgan fingerprint density at radius 2 is 1.91 bits per heavy atom. The summed E-state index contributed by atoms with van der Waals surface area (Å²) in [5.41, 5.74) is 6.70. The molecule has 174 valence electrons. The van der Waals surface area contributed by atoms with Gasteiger partial charge in [0.15, 0.2) is 17.3 Å². The molecule has 0 radical (unpaired) electrons. The summed E-state index contributed by atoms with van der Waals surface area (Å²) >= 11 is 0. The molecule has 2 aromatic rings. The molecule has 4 N–H and O–H groups in total. The molecule has 1 atom stereocenters. The Bertz CT molecular complexity index is 1170. The summed E-state index contributed by atoms with van der Waals surface area (Å²) in [5, 5.41) is 12.0. The Morgan fingerprint density at radius 3 is 2.52 bits per heavy atom. The lowest BCUT2D eigenvalue weighted by molar-refractivity contribution is 0.00682. The summed E-state index contributed by atoms with van der Waals surface area (Å²) < 4.78 is 19.3. The number of benzene rings is 1. The molecule has 1 aliphatic carbocycles. The maximum absolute atomic E-state index is 13.9. The fourth-order valence-electron chi connectivity index (χ4n) is 3.67. The molecule has 0 spiro atoms. The van der Waals surface area contributed by atoms with Crippen LogP contribution in [0.15, 0.2) is 24.4 Å². The number of nitrogens with zero attached hydrogens (tertiary/aromatic N) is 2. The zero-order valence-corrected chi connectivity index (χ0v) is 18.7. The minimum Gasteiger partial charge on any atom is -0.477 e. The first-order valence-corrected chi connectivity index (χ1v) is 10.3. The average molecular weight is 456 g/mol. The van der Waals surface area contributed by atoms with Crippen molar-refractivity contribution in [1.29, 1.82) is 0 Å². The molecular weight excluding hydrogens is 431 g/mol. The van der Waals surface area contributed by atoms with Crippen LogP contribution in [0.4, 0.5) is 4.39 Å². The second-order valence-corrected chi connectivity index (χ2v) is 8.65. The van der Waals surface area contributed by atoms with E-state index in [-0.39, 0.29) is 11.7 Å². The van der Waals surface area contributed by atoms with E-state index < -0.39 is 40.8 Å². The molecule has 3 rings (SSSR count). The maximum atomic E-state index is 13.9. The number of hydrogen-bond acceptors (Lipinski definition) is 7. The fourth-order valence-corrected chi connectivity index (χ4v) is 3.67. The van der Waals surface area contributed by atoms with Gasteiger partial charge in [0, 0.05) is 12.3 Å². The smallest absolute Gasteiger partial charge is 0.354 e. The number of esters is 1. The van der Waals surface area contributed by atoms with Gasteiger partial charge >= 0.3 is 11.9 Å². The van der Waals surface area contributed by atoms with Gasteiger partial charge < -0.3 is 20.9 Å². The van der Waals surface area contributed by atoms with Crippen molar-refractivity contribution in [2.45, 2.75) is 52.2 Å². The van der Waals surface area contributed by atoms with Gasteiger partial charge in [0.2, 0.25) is 0 Å². The van der Waals surface area contributed by atoms with E-state index in [0.717, 1.165) is 22.8 Å². The second-order valence-electron chi connectivity index (χ2n) is 8.65. The van der Waals surface area contributed by atoms with Gasteiger partial charge in [0.05, 0.1) is 11.6 Å². The Kier molecular flexibility index (Phi) is 6.48. The van der Waals surface area contributed by atoms with Crippen LogP contribution in [0, 0.1) is 6.92 Å². The monoisotopic (exact) mass is 456 g/mol. The van der Waals surface area contributed by atoms with E-state index >= 15 is 0 Å². The average Bonchev–Trinajstić information content (AvgIpc) is 3.15. The molecule has 33 heavy (non-hydrogen) atoms. The van der Waals surface area contributed by atoms with Crippen LogP contribution in [0.2, 0.25) is 0 Å². The van der Waals surface area contributed by atoms with Crippen molar-refractivity contribution in [3.63, 3.8) is 0 Å². The summed E-state index contributed by atoms with van der Waals surface area (Å²) in [6.45, 7) is 7.22. The number of ether oxygens (including phenoxy) is 1. The molecular formula is C23H25FN4O5. The molecule has 1 aromatic carbocycles. The molecule has 0 aliphatic heterocycles. The topological polar surface area (TPSA) is 144 Å². The van der Waals surface area contributed by atoms with Gasteiger partial charge in [0.1, 0.15) is 11.3 Å². The van der Waals surface area contributed by atoms with Crippen LogP contribution in [0.25, 0.3) is 5.83 Å². The SMILES string of the molecule is Cc1c(C(=O)OC(C)(C)C)ccc2c1CCC2NC(=O)c1cc(C(=O)O)nc(/C(F)=C\N)n1. The largest absolute Gasteiger partial charge is 0.477 e. The lowest BCUT2D eigenvalue weighted by Gasteiger charge is -2.21. The third-order valence-corrected chi connectivity index (χ3v) is 5.16. The molecule has 1 heterocycles. The highest BCUT2D eigenvalue weighted by Gasteiger charge is 2.29. The number of aromatic nitrogens is 2. The highest BCUT2D eigenvalue weighted by Crippen LogP contribution is 2.35. The third-order valence-electron chi connectivity index (χ3n) is 5.16. The number of carboxylic acid groups (broad SMARTS) is 1. The molecule has 0 fully saturated rings. The molecule has 0 bridgehead atoms. The molecule has 1 aromatic heterocycles. The number of carboxylic acids is 1. The van der Waals surface area contributed by atoms with Crippen LogP contribution in [0.5, 0.6) is 0 Å². The van der Waals surface area contributed by atoms with E-state index in [0.29, 0.717) is 24.6 Å². The molecule has 9 nitrogen and oxygen atoms in total. The zero-order chi connectivity index (χ0) is 24.5. The van der Waals surface area contributed by atoms with Crippen molar-refractivity contribution in [1.82, 2.24) is 15.3 Å². The number of aromatic carboxylic acids is 1. The minimum absolute atomic E-state index is 0.301. The van der Waals surface area contributed by atoms with Crippen LogP contribution in [-0.4, -0.2) is 38.5 Å². The summed E-state index contributed by atoms with van der Waals surface area (Å²) in [5.74, 6) is -4.18. The number of fused-ring (bicyclic) bond motifs is 1. The van der Waals surface area contributed by atoms with Crippen LogP contribution in [-0.2, 0) is 11.2 Å². The van der Waals surface area contributed by atoms with Gasteiger partial charge in [-0.05, 0) is 63.3 Å². The quantitative estimate of drug-likeness (QED) is 0.582. The van der Waals surface area contributed by atoms with Gasteiger partial charge in [-0.3, -0.25) is 4.79 Å². The summed E-state index contributed by atoms with van der Waals surface area (Å²) in [7, 11) is 0. The lowest BCUT2D eigenvalue weighted by atomic mass is 9.97. The summed E-state index contributed by atoms with van der Waals surface area (Å²) in [4.78, 5) is 44.0. The highest BCUT2D eigenvalue weighted by atomic mass is 19.1. The standard InChI is InChI=1S/C23H25FN4O5/c1-11-12-7-8-16(14(12)6-5-13(11)22(32)33-23(2,3)4)28-20(29)17-9-18(21(30)31)27-19(26-17)15(24)10-25/h5-6,9-10,16H,7-8,25H2,1-4H3,(H,28,29)(H,30,31)/b15-10+. The molecule has 1 unspecified atom stereocenters. The molecule has 0 saturated carbocycles. The number of nitrogens with one attached hydrogen (secondary N) is 1. The van der Waals surface area contributed by atoms with E-state index in [4.69, 9.17) is 10.5 Å². The Hall–Kier alpha value is -3.82.